The molecule has 1 heterocycles. The van der Waals surface area contributed by atoms with Crippen LogP contribution in [0.3, 0.4) is 0 Å². The highest BCUT2D eigenvalue weighted by molar-refractivity contribution is 6.76. The lowest BCUT2D eigenvalue weighted by Crippen LogP contribution is -2.25. The number of aryl methyl sites for hydroxylation is 1. The second-order valence-corrected chi connectivity index (χ2v) is 11.8. The molecule has 3 nitrogen and oxygen atoms in total. The molecule has 0 saturated carbocycles. The third kappa shape index (κ3) is 3.32. The van der Waals surface area contributed by atoms with Crippen LogP contribution in [0.1, 0.15) is 5.69 Å². The molecular weight excluding hydrogens is 254 g/mol. The fourth-order valence-electron chi connectivity index (χ4n) is 2.05. The van der Waals surface area contributed by atoms with E-state index in [4.69, 9.17) is 9.57 Å². The van der Waals surface area contributed by atoms with Crippen molar-refractivity contribution in [2.45, 2.75) is 32.6 Å². The van der Waals surface area contributed by atoms with Crippen LogP contribution in [0.5, 0.6) is 5.75 Å². The summed E-state index contributed by atoms with van der Waals surface area (Å²) in [7, 11) is 0.641. The quantitative estimate of drug-likeness (QED) is 0.778. The molecule has 2 rings (SSSR count). The Labute approximate surface area is 116 Å². The Balaban J connectivity index is 2.21. The van der Waals surface area contributed by atoms with E-state index in [0.717, 1.165) is 29.0 Å². The SMILES string of the molecule is COc1ccc2c(c1)cc(C)n2OCC[Si](C)(C)C. The first-order valence-electron chi connectivity index (χ1n) is 6.70. The number of nitrogens with zero attached hydrogens (tertiary/aromatic N) is 1. The molecule has 0 unspecified atom stereocenters. The summed E-state index contributed by atoms with van der Waals surface area (Å²) in [4.78, 5) is 5.95. The van der Waals surface area contributed by atoms with Gasteiger partial charge in [-0.3, -0.25) is 0 Å². The first-order chi connectivity index (χ1) is 8.90. The number of rotatable bonds is 5. The maximum absolute atomic E-state index is 5.95. The van der Waals surface area contributed by atoms with Gasteiger partial charge in [-0.25, -0.2) is 0 Å². The van der Waals surface area contributed by atoms with Gasteiger partial charge in [-0.2, -0.15) is 4.73 Å². The monoisotopic (exact) mass is 277 g/mol. The first kappa shape index (κ1) is 14.0. The summed E-state index contributed by atoms with van der Waals surface area (Å²) in [6, 6.07) is 9.37. The molecule has 0 atom stereocenters. The fourth-order valence-corrected chi connectivity index (χ4v) is 2.75. The van der Waals surface area contributed by atoms with Crippen LogP contribution >= 0.6 is 0 Å². The summed E-state index contributed by atoms with van der Waals surface area (Å²) < 4.78 is 7.19. The third-order valence-electron chi connectivity index (χ3n) is 3.21. The Morgan fingerprint density at radius 3 is 2.53 bits per heavy atom. The van der Waals surface area contributed by atoms with Crippen molar-refractivity contribution >= 4 is 19.0 Å². The van der Waals surface area contributed by atoms with E-state index in [-0.39, 0.29) is 0 Å². The zero-order valence-electron chi connectivity index (χ0n) is 12.5. The second kappa shape index (κ2) is 5.29. The van der Waals surface area contributed by atoms with E-state index in [1.54, 1.807) is 7.11 Å². The van der Waals surface area contributed by atoms with Gasteiger partial charge in [-0.05, 0) is 37.2 Å². The van der Waals surface area contributed by atoms with Crippen molar-refractivity contribution in [3.8, 4) is 5.75 Å². The maximum Gasteiger partial charge on any atom is 0.119 e. The summed E-state index contributed by atoms with van der Waals surface area (Å²) in [5.41, 5.74) is 2.23. The molecule has 0 aliphatic heterocycles. The smallest absolute Gasteiger partial charge is 0.119 e. The largest absolute Gasteiger partial charge is 0.497 e. The minimum absolute atomic E-state index is 0.784. The first-order valence-corrected chi connectivity index (χ1v) is 10.4. The maximum atomic E-state index is 5.95. The topological polar surface area (TPSA) is 23.4 Å². The van der Waals surface area contributed by atoms with Crippen molar-refractivity contribution in [1.82, 2.24) is 4.73 Å². The van der Waals surface area contributed by atoms with Crippen molar-refractivity contribution in [2.75, 3.05) is 13.7 Å². The average Bonchev–Trinajstić information content (AvgIpc) is 2.63. The zero-order valence-corrected chi connectivity index (χ0v) is 13.5. The van der Waals surface area contributed by atoms with E-state index in [1.165, 1.54) is 6.04 Å². The van der Waals surface area contributed by atoms with Crippen molar-refractivity contribution in [2.24, 2.45) is 0 Å². The molecule has 1 aromatic heterocycles. The third-order valence-corrected chi connectivity index (χ3v) is 4.91. The summed E-state index contributed by atoms with van der Waals surface area (Å²) in [5.74, 6) is 0.881. The summed E-state index contributed by atoms with van der Waals surface area (Å²) in [6.45, 7) is 9.94. The fraction of sp³-hybridized carbons (Fsp3) is 0.467. The van der Waals surface area contributed by atoms with Crippen LogP contribution in [0.15, 0.2) is 24.3 Å². The van der Waals surface area contributed by atoms with Crippen LogP contribution in [0, 0.1) is 6.92 Å². The van der Waals surface area contributed by atoms with Gasteiger partial charge in [0, 0.05) is 13.5 Å². The van der Waals surface area contributed by atoms with Crippen LogP contribution in [0.4, 0.5) is 0 Å². The lowest BCUT2D eigenvalue weighted by Gasteiger charge is -2.17. The molecule has 0 fully saturated rings. The Morgan fingerprint density at radius 1 is 1.16 bits per heavy atom. The predicted molar refractivity (Wildman–Crippen MR) is 82.8 cm³/mol. The van der Waals surface area contributed by atoms with Crippen LogP contribution in [0.25, 0.3) is 10.9 Å². The zero-order chi connectivity index (χ0) is 14.0. The molecule has 0 N–H and O–H groups in total. The van der Waals surface area contributed by atoms with Gasteiger partial charge in [0.1, 0.15) is 12.4 Å². The number of hydrogen-bond donors (Lipinski definition) is 0. The van der Waals surface area contributed by atoms with Gasteiger partial charge in [-0.15, -0.1) is 0 Å². The molecular formula is C15H23NO2Si. The Morgan fingerprint density at radius 2 is 1.89 bits per heavy atom. The van der Waals surface area contributed by atoms with Gasteiger partial charge in [0.25, 0.3) is 0 Å². The Hall–Kier alpha value is -1.42. The van der Waals surface area contributed by atoms with Gasteiger partial charge in [0.15, 0.2) is 0 Å². The molecule has 0 aliphatic rings. The number of benzene rings is 1. The van der Waals surface area contributed by atoms with Crippen molar-refractivity contribution < 1.29 is 9.57 Å². The number of ether oxygens (including phenoxy) is 1. The minimum atomic E-state index is -1.05. The highest BCUT2D eigenvalue weighted by Crippen LogP contribution is 2.23. The molecule has 104 valence electrons. The average molecular weight is 277 g/mol. The summed E-state index contributed by atoms with van der Waals surface area (Å²) in [5, 5.41) is 1.16. The molecule has 19 heavy (non-hydrogen) atoms. The van der Waals surface area contributed by atoms with E-state index in [2.05, 4.69) is 38.7 Å². The van der Waals surface area contributed by atoms with Gasteiger partial charge < -0.3 is 9.57 Å². The van der Waals surface area contributed by atoms with E-state index in [0.29, 0.717) is 0 Å². The second-order valence-electron chi connectivity index (χ2n) is 6.15. The molecule has 0 amide bonds. The standard InChI is InChI=1S/C15H23NO2Si/c1-12-10-13-11-14(17-2)6-7-15(13)16(12)18-8-9-19(3,4)5/h6-7,10-11H,8-9H2,1-5H3. The molecule has 4 heteroatoms. The lowest BCUT2D eigenvalue weighted by atomic mass is 10.2. The molecule has 1 aromatic carbocycles. The molecule has 2 aromatic rings. The number of hydrogen-bond acceptors (Lipinski definition) is 2. The number of methoxy groups -OCH3 is 1. The van der Waals surface area contributed by atoms with Crippen LogP contribution in [-0.2, 0) is 0 Å². The van der Waals surface area contributed by atoms with Crippen LogP contribution in [-0.4, -0.2) is 26.5 Å². The lowest BCUT2D eigenvalue weighted by molar-refractivity contribution is 0.127. The predicted octanol–water partition coefficient (Wildman–Crippen LogP) is 3.73. The van der Waals surface area contributed by atoms with Gasteiger partial charge in [0.05, 0.1) is 18.3 Å². The van der Waals surface area contributed by atoms with Gasteiger partial charge in [-0.1, -0.05) is 19.6 Å². The molecule has 0 bridgehead atoms. The van der Waals surface area contributed by atoms with E-state index in [1.807, 2.05) is 16.9 Å². The Bertz CT molecular complexity index is 569. The van der Waals surface area contributed by atoms with Crippen molar-refractivity contribution in [1.29, 1.82) is 0 Å². The number of fused-ring (bicyclic) bond motifs is 1. The molecule has 0 aliphatic carbocycles. The van der Waals surface area contributed by atoms with E-state index < -0.39 is 8.07 Å². The van der Waals surface area contributed by atoms with Crippen molar-refractivity contribution in [3.63, 3.8) is 0 Å². The number of aromatic nitrogens is 1. The normalized spacial score (nSPS) is 11.8. The Kier molecular flexibility index (Phi) is 3.90. The summed E-state index contributed by atoms with van der Waals surface area (Å²) in [6.07, 6.45) is 0. The summed E-state index contributed by atoms with van der Waals surface area (Å²) >= 11 is 0. The van der Waals surface area contributed by atoms with Crippen LogP contribution in [0.2, 0.25) is 25.7 Å². The minimum Gasteiger partial charge on any atom is -0.497 e. The van der Waals surface area contributed by atoms with Gasteiger partial charge in [0.2, 0.25) is 0 Å². The molecule has 0 spiro atoms. The van der Waals surface area contributed by atoms with Crippen molar-refractivity contribution in [3.05, 3.63) is 30.0 Å². The van der Waals surface area contributed by atoms with E-state index in [9.17, 15) is 0 Å². The highest BCUT2D eigenvalue weighted by atomic mass is 28.3. The molecule has 0 radical (unpaired) electrons. The van der Waals surface area contributed by atoms with Crippen LogP contribution < -0.4 is 9.57 Å². The molecule has 0 saturated heterocycles. The highest BCUT2D eigenvalue weighted by Gasteiger charge is 2.14. The van der Waals surface area contributed by atoms with E-state index >= 15 is 0 Å². The van der Waals surface area contributed by atoms with Gasteiger partial charge >= 0.3 is 0 Å².